The Morgan fingerprint density at radius 1 is 1.20 bits per heavy atom. The average Bonchev–Trinajstić information content (AvgIpc) is 2.65. The summed E-state index contributed by atoms with van der Waals surface area (Å²) in [6.07, 6.45) is 7.06. The number of rotatable bonds is 4. The van der Waals surface area contributed by atoms with Crippen molar-refractivity contribution in [3.63, 3.8) is 0 Å². The van der Waals surface area contributed by atoms with Gasteiger partial charge < -0.3 is 0 Å². The molecule has 0 aromatic heterocycles. The monoisotopic (exact) mass is 291 g/mol. The summed E-state index contributed by atoms with van der Waals surface area (Å²) >= 11 is 0. The molecular weight excluding hydrogens is 270 g/mol. The predicted molar refractivity (Wildman–Crippen MR) is 82.3 cm³/mol. The predicted octanol–water partition coefficient (Wildman–Crippen LogP) is 2.35. The normalized spacial score (nSPS) is 26.6. The zero-order valence-electron chi connectivity index (χ0n) is 11.8. The van der Waals surface area contributed by atoms with Gasteiger partial charge in [0.2, 0.25) is 0 Å². The number of hydrogen-bond acceptors (Lipinski definition) is 3. The van der Waals surface area contributed by atoms with E-state index in [1.54, 1.807) is 0 Å². The Labute approximate surface area is 121 Å². The summed E-state index contributed by atoms with van der Waals surface area (Å²) in [6.45, 7) is 0.673. The molecule has 4 heteroatoms. The van der Waals surface area contributed by atoms with Gasteiger partial charge in [0.05, 0.1) is 5.75 Å². The van der Waals surface area contributed by atoms with Gasteiger partial charge in [0.25, 0.3) is 0 Å². The first kappa shape index (κ1) is 13.8. The van der Waals surface area contributed by atoms with E-state index >= 15 is 0 Å². The number of sulfone groups is 1. The zero-order valence-corrected chi connectivity index (χ0v) is 12.6. The van der Waals surface area contributed by atoms with Crippen LogP contribution in [-0.4, -0.2) is 44.0 Å². The molecule has 0 aliphatic carbocycles. The van der Waals surface area contributed by atoms with Crippen molar-refractivity contribution in [3.05, 3.63) is 42.0 Å². The van der Waals surface area contributed by atoms with Crippen LogP contribution in [0.1, 0.15) is 24.8 Å². The maximum absolute atomic E-state index is 11.4. The second kappa shape index (κ2) is 5.34. The highest BCUT2D eigenvalue weighted by Crippen LogP contribution is 2.38. The Hall–Kier alpha value is -1.13. The van der Waals surface area contributed by atoms with Gasteiger partial charge in [-0.25, -0.2) is 8.42 Å². The maximum Gasteiger partial charge on any atom is 0.148 e. The summed E-state index contributed by atoms with van der Waals surface area (Å²) < 4.78 is 22.7. The Morgan fingerprint density at radius 2 is 1.95 bits per heavy atom. The smallest absolute Gasteiger partial charge is 0.148 e. The van der Waals surface area contributed by atoms with Crippen LogP contribution < -0.4 is 0 Å². The molecule has 0 spiro atoms. The maximum atomic E-state index is 11.4. The van der Waals surface area contributed by atoms with E-state index in [2.05, 4.69) is 35.2 Å². The zero-order chi connectivity index (χ0) is 14.2. The molecule has 0 N–H and O–H groups in total. The Morgan fingerprint density at radius 3 is 2.60 bits per heavy atom. The number of nitrogens with zero attached hydrogens (tertiary/aromatic N) is 1. The quantitative estimate of drug-likeness (QED) is 0.854. The minimum atomic E-state index is -2.87. The first-order valence-corrected chi connectivity index (χ1v) is 9.28. The molecule has 2 aliphatic heterocycles. The van der Waals surface area contributed by atoms with E-state index in [0.29, 0.717) is 18.6 Å². The van der Waals surface area contributed by atoms with Crippen molar-refractivity contribution in [2.45, 2.75) is 31.3 Å². The fourth-order valence-electron chi connectivity index (χ4n) is 3.40. The lowest BCUT2D eigenvalue weighted by molar-refractivity contribution is 0.225. The molecule has 3 rings (SSSR count). The highest BCUT2D eigenvalue weighted by Gasteiger charge is 2.36. The van der Waals surface area contributed by atoms with Crippen molar-refractivity contribution in [2.24, 2.45) is 0 Å². The molecule has 3 nitrogen and oxygen atoms in total. The third-order valence-corrected chi connectivity index (χ3v) is 5.33. The molecule has 2 atom stereocenters. The molecule has 0 radical (unpaired) electrons. The molecule has 2 heterocycles. The lowest BCUT2D eigenvalue weighted by Gasteiger charge is -2.33. The second-order valence-electron chi connectivity index (χ2n) is 5.93. The lowest BCUT2D eigenvalue weighted by atomic mass is 9.95. The standard InChI is InChI=1S/C16H21NO2S/c1-20(18,19)10-9-17-15-7-8-16(17)12-14(11-15)13-5-3-2-4-6-13/h2-6,11,15-16H,7-10,12H2,1H3. The summed E-state index contributed by atoms with van der Waals surface area (Å²) in [7, 11) is -2.87. The fraction of sp³-hybridized carbons (Fsp3) is 0.500. The molecule has 0 amide bonds. The van der Waals surface area contributed by atoms with Crippen LogP contribution in [0.2, 0.25) is 0 Å². The molecule has 20 heavy (non-hydrogen) atoms. The third-order valence-electron chi connectivity index (χ3n) is 4.40. The highest BCUT2D eigenvalue weighted by molar-refractivity contribution is 7.90. The Balaban J connectivity index is 1.76. The van der Waals surface area contributed by atoms with Crippen LogP contribution in [0.25, 0.3) is 5.57 Å². The van der Waals surface area contributed by atoms with Gasteiger partial charge in [-0.2, -0.15) is 0 Å². The van der Waals surface area contributed by atoms with Crippen LogP contribution in [0.4, 0.5) is 0 Å². The van der Waals surface area contributed by atoms with E-state index in [9.17, 15) is 8.42 Å². The van der Waals surface area contributed by atoms with Gasteiger partial charge in [0, 0.05) is 24.9 Å². The van der Waals surface area contributed by atoms with Crippen LogP contribution in [-0.2, 0) is 9.84 Å². The summed E-state index contributed by atoms with van der Waals surface area (Å²) in [6, 6.07) is 11.5. The Kier molecular flexibility index (Phi) is 3.69. The molecule has 1 saturated heterocycles. The van der Waals surface area contributed by atoms with E-state index in [0.717, 1.165) is 12.8 Å². The average molecular weight is 291 g/mol. The highest BCUT2D eigenvalue weighted by atomic mass is 32.2. The van der Waals surface area contributed by atoms with Crippen molar-refractivity contribution in [2.75, 3.05) is 18.6 Å². The summed E-state index contributed by atoms with van der Waals surface area (Å²) in [5.41, 5.74) is 2.74. The fourth-order valence-corrected chi connectivity index (χ4v) is 3.95. The first-order chi connectivity index (χ1) is 9.53. The Bertz CT molecular complexity index is 607. The van der Waals surface area contributed by atoms with Crippen molar-refractivity contribution >= 4 is 15.4 Å². The topological polar surface area (TPSA) is 37.4 Å². The van der Waals surface area contributed by atoms with Gasteiger partial charge in [-0.05, 0) is 30.4 Å². The minimum Gasteiger partial charge on any atom is -0.293 e. The number of fused-ring (bicyclic) bond motifs is 2. The molecule has 108 valence electrons. The first-order valence-electron chi connectivity index (χ1n) is 7.22. The molecule has 2 unspecified atom stereocenters. The second-order valence-corrected chi connectivity index (χ2v) is 8.19. The van der Waals surface area contributed by atoms with E-state index < -0.39 is 9.84 Å². The summed E-state index contributed by atoms with van der Waals surface area (Å²) in [5, 5.41) is 0. The third kappa shape index (κ3) is 2.96. The van der Waals surface area contributed by atoms with Crippen LogP contribution >= 0.6 is 0 Å². The van der Waals surface area contributed by atoms with Gasteiger partial charge in [0.15, 0.2) is 0 Å². The van der Waals surface area contributed by atoms with E-state index in [1.165, 1.54) is 23.8 Å². The van der Waals surface area contributed by atoms with E-state index in [-0.39, 0.29) is 5.75 Å². The van der Waals surface area contributed by atoms with Crippen LogP contribution in [0, 0.1) is 0 Å². The van der Waals surface area contributed by atoms with Gasteiger partial charge >= 0.3 is 0 Å². The van der Waals surface area contributed by atoms with Gasteiger partial charge in [-0.1, -0.05) is 36.4 Å². The number of hydrogen-bond donors (Lipinski definition) is 0. The van der Waals surface area contributed by atoms with Crippen molar-refractivity contribution in [1.82, 2.24) is 4.90 Å². The number of benzene rings is 1. The van der Waals surface area contributed by atoms with Gasteiger partial charge in [-0.15, -0.1) is 0 Å². The van der Waals surface area contributed by atoms with Crippen LogP contribution in [0.3, 0.4) is 0 Å². The van der Waals surface area contributed by atoms with Crippen molar-refractivity contribution in [1.29, 1.82) is 0 Å². The van der Waals surface area contributed by atoms with E-state index in [1.807, 2.05) is 6.07 Å². The van der Waals surface area contributed by atoms with Crippen LogP contribution in [0.5, 0.6) is 0 Å². The van der Waals surface area contributed by atoms with Gasteiger partial charge in [-0.3, -0.25) is 4.90 Å². The molecule has 1 fully saturated rings. The molecule has 2 bridgehead atoms. The molecular formula is C16H21NO2S. The van der Waals surface area contributed by atoms with E-state index in [4.69, 9.17) is 0 Å². The van der Waals surface area contributed by atoms with Crippen molar-refractivity contribution < 1.29 is 8.42 Å². The molecule has 1 aromatic carbocycles. The molecule has 0 saturated carbocycles. The largest absolute Gasteiger partial charge is 0.293 e. The summed E-state index contributed by atoms with van der Waals surface area (Å²) in [4.78, 5) is 2.38. The van der Waals surface area contributed by atoms with Crippen LogP contribution in [0.15, 0.2) is 36.4 Å². The molecule has 1 aromatic rings. The molecule has 2 aliphatic rings. The SMILES string of the molecule is CS(=O)(=O)CCN1C2C=C(c3ccccc3)CC1CC2. The lowest BCUT2D eigenvalue weighted by Crippen LogP contribution is -2.41. The summed E-state index contributed by atoms with van der Waals surface area (Å²) in [5.74, 6) is 0.272. The van der Waals surface area contributed by atoms with Crippen molar-refractivity contribution in [3.8, 4) is 0 Å². The van der Waals surface area contributed by atoms with Gasteiger partial charge in [0.1, 0.15) is 9.84 Å². The minimum absolute atomic E-state index is 0.272.